The standard InChI is InChI=1S/C25H32N4O3S/c1-7-19-12-10-11-17(4)23(19)26-22(30)15-33-25-28-27-24(29(25)16(2)3)18(5)32-21-14-9-8-13-20(21)31-6/h8-14,16,18H,7,15H2,1-6H3,(H,26,30). The molecule has 0 saturated carbocycles. The third kappa shape index (κ3) is 5.87. The Labute approximate surface area is 199 Å². The molecule has 0 fully saturated rings. The molecule has 1 heterocycles. The zero-order valence-corrected chi connectivity index (χ0v) is 20.9. The Morgan fingerprint density at radius 2 is 1.82 bits per heavy atom. The molecule has 0 aliphatic heterocycles. The van der Waals surface area contributed by atoms with Crippen molar-refractivity contribution in [3.8, 4) is 11.5 Å². The fourth-order valence-electron chi connectivity index (χ4n) is 3.62. The van der Waals surface area contributed by atoms with Crippen molar-refractivity contribution >= 4 is 23.4 Å². The number of rotatable bonds is 10. The number of carbonyl (C=O) groups is 1. The van der Waals surface area contributed by atoms with Gasteiger partial charge in [0.15, 0.2) is 28.6 Å². The average molecular weight is 469 g/mol. The number of benzene rings is 2. The largest absolute Gasteiger partial charge is 0.493 e. The van der Waals surface area contributed by atoms with Crippen LogP contribution >= 0.6 is 11.8 Å². The summed E-state index contributed by atoms with van der Waals surface area (Å²) in [4.78, 5) is 12.7. The molecule has 0 aliphatic carbocycles. The molecule has 1 aromatic heterocycles. The van der Waals surface area contributed by atoms with Gasteiger partial charge in [0, 0.05) is 11.7 Å². The first-order valence-electron chi connectivity index (χ1n) is 11.1. The number of aromatic nitrogens is 3. The number of amides is 1. The van der Waals surface area contributed by atoms with Gasteiger partial charge in [-0.05, 0) is 57.4 Å². The number of nitrogens with zero attached hydrogens (tertiary/aromatic N) is 3. The number of thioether (sulfide) groups is 1. The number of hydrogen-bond acceptors (Lipinski definition) is 6. The van der Waals surface area contributed by atoms with E-state index in [1.54, 1.807) is 7.11 Å². The van der Waals surface area contributed by atoms with Gasteiger partial charge in [-0.2, -0.15) is 0 Å². The fourth-order valence-corrected chi connectivity index (χ4v) is 4.49. The molecule has 1 unspecified atom stereocenters. The topological polar surface area (TPSA) is 78.3 Å². The van der Waals surface area contributed by atoms with Crippen LogP contribution in [0.25, 0.3) is 0 Å². The first kappa shape index (κ1) is 24.6. The van der Waals surface area contributed by atoms with E-state index in [0.29, 0.717) is 22.5 Å². The van der Waals surface area contributed by atoms with Gasteiger partial charge in [0.25, 0.3) is 0 Å². The van der Waals surface area contributed by atoms with E-state index >= 15 is 0 Å². The SMILES string of the molecule is CCc1cccc(C)c1NC(=O)CSc1nnc(C(C)Oc2ccccc2OC)n1C(C)C. The smallest absolute Gasteiger partial charge is 0.234 e. The minimum absolute atomic E-state index is 0.0674. The minimum atomic E-state index is -0.349. The predicted octanol–water partition coefficient (Wildman–Crippen LogP) is 5.61. The summed E-state index contributed by atoms with van der Waals surface area (Å²) in [7, 11) is 1.61. The van der Waals surface area contributed by atoms with E-state index in [-0.39, 0.29) is 23.8 Å². The molecule has 2 aromatic carbocycles. The Morgan fingerprint density at radius 1 is 1.09 bits per heavy atom. The molecular formula is C25H32N4O3S. The minimum Gasteiger partial charge on any atom is -0.493 e. The van der Waals surface area contributed by atoms with Crippen LogP contribution in [0.1, 0.15) is 56.8 Å². The zero-order chi connectivity index (χ0) is 24.0. The zero-order valence-electron chi connectivity index (χ0n) is 20.1. The van der Waals surface area contributed by atoms with Crippen LogP contribution in [0.15, 0.2) is 47.6 Å². The van der Waals surface area contributed by atoms with Crippen molar-refractivity contribution in [1.29, 1.82) is 0 Å². The van der Waals surface area contributed by atoms with Crippen LogP contribution in [0.5, 0.6) is 11.5 Å². The van der Waals surface area contributed by atoms with Crippen LogP contribution < -0.4 is 14.8 Å². The third-order valence-corrected chi connectivity index (χ3v) is 6.22. The fraction of sp³-hybridized carbons (Fsp3) is 0.400. The van der Waals surface area contributed by atoms with E-state index in [0.717, 1.165) is 23.2 Å². The number of anilines is 1. The lowest BCUT2D eigenvalue weighted by Gasteiger charge is -2.20. The highest BCUT2D eigenvalue weighted by atomic mass is 32.2. The van der Waals surface area contributed by atoms with Gasteiger partial charge >= 0.3 is 0 Å². The van der Waals surface area contributed by atoms with Crippen LogP contribution in [0.4, 0.5) is 5.69 Å². The number of aryl methyl sites for hydroxylation is 2. The predicted molar refractivity (Wildman–Crippen MR) is 132 cm³/mol. The Morgan fingerprint density at radius 3 is 2.48 bits per heavy atom. The maximum Gasteiger partial charge on any atom is 0.234 e. The summed E-state index contributed by atoms with van der Waals surface area (Å²) in [6, 6.07) is 13.7. The number of nitrogens with one attached hydrogen (secondary N) is 1. The van der Waals surface area contributed by atoms with Gasteiger partial charge in [0.05, 0.1) is 12.9 Å². The van der Waals surface area contributed by atoms with E-state index in [9.17, 15) is 4.79 Å². The monoisotopic (exact) mass is 468 g/mol. The number of hydrogen-bond donors (Lipinski definition) is 1. The highest BCUT2D eigenvalue weighted by molar-refractivity contribution is 7.99. The summed E-state index contributed by atoms with van der Waals surface area (Å²) >= 11 is 1.37. The van der Waals surface area contributed by atoms with Gasteiger partial charge < -0.3 is 19.4 Å². The maximum atomic E-state index is 12.7. The Kier molecular flexibility index (Phi) is 8.38. The molecule has 8 heteroatoms. The molecule has 176 valence electrons. The molecule has 33 heavy (non-hydrogen) atoms. The van der Waals surface area contributed by atoms with Gasteiger partial charge in [-0.15, -0.1) is 10.2 Å². The van der Waals surface area contributed by atoms with E-state index in [1.807, 2.05) is 60.9 Å². The molecule has 0 spiro atoms. The Bertz CT molecular complexity index is 1100. The lowest BCUT2D eigenvalue weighted by molar-refractivity contribution is -0.113. The summed E-state index contributed by atoms with van der Waals surface area (Å²) in [5.41, 5.74) is 3.08. The van der Waals surface area contributed by atoms with E-state index < -0.39 is 0 Å². The van der Waals surface area contributed by atoms with Crippen molar-refractivity contribution < 1.29 is 14.3 Å². The highest BCUT2D eigenvalue weighted by Crippen LogP contribution is 2.32. The van der Waals surface area contributed by atoms with Crippen LogP contribution in [-0.2, 0) is 11.2 Å². The summed E-state index contributed by atoms with van der Waals surface area (Å²) < 4.78 is 13.5. The maximum absolute atomic E-state index is 12.7. The van der Waals surface area contributed by atoms with Crippen LogP contribution in [0.3, 0.4) is 0 Å². The lowest BCUT2D eigenvalue weighted by Crippen LogP contribution is -2.18. The average Bonchev–Trinajstić information content (AvgIpc) is 3.24. The second-order valence-corrected chi connectivity index (χ2v) is 8.96. The Balaban J connectivity index is 1.73. The molecule has 3 rings (SSSR count). The summed E-state index contributed by atoms with van der Waals surface area (Å²) in [6.07, 6.45) is 0.512. The van der Waals surface area contributed by atoms with Crippen molar-refractivity contribution in [2.45, 2.75) is 58.3 Å². The first-order chi connectivity index (χ1) is 15.8. The van der Waals surface area contributed by atoms with Crippen molar-refractivity contribution in [2.75, 3.05) is 18.2 Å². The van der Waals surface area contributed by atoms with Crippen LogP contribution in [0.2, 0.25) is 0 Å². The summed E-state index contributed by atoms with van der Waals surface area (Å²) in [5, 5.41) is 12.5. The normalized spacial score (nSPS) is 12.0. The molecular weight excluding hydrogens is 436 g/mol. The number of ether oxygens (including phenoxy) is 2. The molecule has 0 aliphatic rings. The van der Waals surface area contributed by atoms with E-state index in [2.05, 4.69) is 36.3 Å². The third-order valence-electron chi connectivity index (χ3n) is 5.28. The van der Waals surface area contributed by atoms with Crippen molar-refractivity contribution in [1.82, 2.24) is 14.8 Å². The molecule has 7 nitrogen and oxygen atoms in total. The van der Waals surface area contributed by atoms with Crippen molar-refractivity contribution in [2.24, 2.45) is 0 Å². The number of methoxy groups -OCH3 is 1. The lowest BCUT2D eigenvalue weighted by atomic mass is 10.1. The molecule has 1 N–H and O–H groups in total. The van der Waals surface area contributed by atoms with E-state index in [1.165, 1.54) is 11.8 Å². The van der Waals surface area contributed by atoms with Gasteiger partial charge in [-0.25, -0.2) is 0 Å². The van der Waals surface area contributed by atoms with Gasteiger partial charge in [0.2, 0.25) is 5.91 Å². The molecule has 3 aromatic rings. The highest BCUT2D eigenvalue weighted by Gasteiger charge is 2.23. The second kappa shape index (κ2) is 11.2. The quantitative estimate of drug-likeness (QED) is 0.390. The Hall–Kier alpha value is -3.00. The molecule has 1 amide bonds. The summed E-state index contributed by atoms with van der Waals surface area (Å²) in [5.74, 6) is 2.18. The summed E-state index contributed by atoms with van der Waals surface area (Å²) in [6.45, 7) is 10.1. The molecule has 1 atom stereocenters. The number of carbonyl (C=O) groups excluding carboxylic acids is 1. The number of para-hydroxylation sites is 3. The van der Waals surface area contributed by atoms with Gasteiger partial charge in [-0.1, -0.05) is 49.0 Å². The molecule has 0 radical (unpaired) electrons. The van der Waals surface area contributed by atoms with E-state index in [4.69, 9.17) is 9.47 Å². The second-order valence-electron chi connectivity index (χ2n) is 8.01. The van der Waals surface area contributed by atoms with Crippen LogP contribution in [-0.4, -0.2) is 33.5 Å². The molecule has 0 bridgehead atoms. The van der Waals surface area contributed by atoms with Crippen molar-refractivity contribution in [3.63, 3.8) is 0 Å². The van der Waals surface area contributed by atoms with Gasteiger partial charge in [-0.3, -0.25) is 4.79 Å². The van der Waals surface area contributed by atoms with Gasteiger partial charge in [0.1, 0.15) is 0 Å². The van der Waals surface area contributed by atoms with Crippen LogP contribution in [0, 0.1) is 6.92 Å². The molecule has 0 saturated heterocycles. The van der Waals surface area contributed by atoms with Crippen molar-refractivity contribution in [3.05, 3.63) is 59.4 Å². The first-order valence-corrected chi connectivity index (χ1v) is 12.1.